The molecule has 3 heteroatoms. The van der Waals surface area contributed by atoms with Gasteiger partial charge in [-0.15, -0.1) is 0 Å². The highest BCUT2D eigenvalue weighted by Gasteiger charge is 2.25. The first-order valence-corrected chi connectivity index (χ1v) is 7.67. The molecule has 1 fully saturated rings. The normalized spacial score (nSPS) is 23.6. The maximum Gasteiger partial charge on any atom is 0.166 e. The van der Waals surface area contributed by atoms with Gasteiger partial charge < -0.3 is 0 Å². The second-order valence-electron chi connectivity index (χ2n) is 5.85. The summed E-state index contributed by atoms with van der Waals surface area (Å²) in [6.45, 7) is 8.22. The smallest absolute Gasteiger partial charge is 0.166 e. The summed E-state index contributed by atoms with van der Waals surface area (Å²) in [5.74, 6) is 1.12. The highest BCUT2D eigenvalue weighted by Crippen LogP contribution is 2.34. The zero-order valence-electron chi connectivity index (χ0n) is 12.7. The molecule has 19 heavy (non-hydrogen) atoms. The van der Waals surface area contributed by atoms with E-state index in [1.54, 1.807) is 0 Å². The third-order valence-corrected chi connectivity index (χ3v) is 4.66. The number of hydrogen-bond acceptors (Lipinski definition) is 2. The molecule has 0 aliphatic heterocycles. The van der Waals surface area contributed by atoms with Crippen molar-refractivity contribution in [2.45, 2.75) is 72.3 Å². The van der Waals surface area contributed by atoms with E-state index in [9.17, 15) is 4.79 Å². The molecule has 2 rings (SSSR count). The molecule has 0 saturated heterocycles. The van der Waals surface area contributed by atoms with Gasteiger partial charge in [0.25, 0.3) is 0 Å². The lowest BCUT2D eigenvalue weighted by Crippen LogP contribution is -2.20. The Labute approximate surface area is 116 Å². The molecule has 0 spiro atoms. The van der Waals surface area contributed by atoms with E-state index in [4.69, 9.17) is 0 Å². The van der Waals surface area contributed by atoms with Crippen LogP contribution in [-0.2, 0) is 0 Å². The van der Waals surface area contributed by atoms with E-state index in [1.165, 1.54) is 32.1 Å². The molecule has 1 heterocycles. The van der Waals surface area contributed by atoms with Crippen LogP contribution in [0.25, 0.3) is 0 Å². The molecule has 0 aromatic carbocycles. The molecule has 0 unspecified atom stereocenters. The molecule has 1 aliphatic carbocycles. The van der Waals surface area contributed by atoms with Crippen LogP contribution in [0, 0.1) is 19.8 Å². The predicted molar refractivity (Wildman–Crippen MR) is 77.6 cm³/mol. The number of carbonyl (C=O) groups is 1. The number of ketones is 1. The minimum absolute atomic E-state index is 0.225. The molecule has 0 bridgehead atoms. The largest absolute Gasteiger partial charge is 0.294 e. The van der Waals surface area contributed by atoms with Gasteiger partial charge in [-0.1, -0.05) is 20.3 Å². The van der Waals surface area contributed by atoms with Gasteiger partial charge in [-0.05, 0) is 45.4 Å². The van der Waals surface area contributed by atoms with E-state index < -0.39 is 0 Å². The fourth-order valence-corrected chi connectivity index (χ4v) is 3.40. The average Bonchev–Trinajstić information content (AvgIpc) is 2.73. The molecule has 0 amide bonds. The summed E-state index contributed by atoms with van der Waals surface area (Å²) in [5.41, 5.74) is 2.84. The van der Waals surface area contributed by atoms with Crippen molar-refractivity contribution in [3.8, 4) is 0 Å². The van der Waals surface area contributed by atoms with Crippen LogP contribution in [0.4, 0.5) is 0 Å². The van der Waals surface area contributed by atoms with E-state index in [-0.39, 0.29) is 5.78 Å². The van der Waals surface area contributed by atoms with Crippen molar-refractivity contribution in [2.75, 3.05) is 0 Å². The molecule has 0 radical (unpaired) electrons. The van der Waals surface area contributed by atoms with Crippen LogP contribution in [0.2, 0.25) is 0 Å². The van der Waals surface area contributed by atoms with Crippen LogP contribution in [0.15, 0.2) is 0 Å². The van der Waals surface area contributed by atoms with Crippen LogP contribution in [-0.4, -0.2) is 15.6 Å². The first-order valence-electron chi connectivity index (χ1n) is 7.67. The van der Waals surface area contributed by atoms with Gasteiger partial charge in [-0.25, -0.2) is 0 Å². The van der Waals surface area contributed by atoms with Crippen molar-refractivity contribution in [3.63, 3.8) is 0 Å². The van der Waals surface area contributed by atoms with Crippen LogP contribution in [0.1, 0.15) is 80.2 Å². The van der Waals surface area contributed by atoms with Crippen molar-refractivity contribution in [2.24, 2.45) is 5.92 Å². The summed E-state index contributed by atoms with van der Waals surface area (Å²) >= 11 is 0. The number of Topliss-reactive ketones (excluding diaryl/α,β-unsaturated/α-hetero) is 1. The van der Waals surface area contributed by atoms with E-state index in [2.05, 4.69) is 23.6 Å². The fraction of sp³-hybridized carbons (Fsp3) is 0.750. The number of aryl methyl sites for hydroxylation is 1. The van der Waals surface area contributed by atoms with Crippen molar-refractivity contribution in [1.82, 2.24) is 9.78 Å². The van der Waals surface area contributed by atoms with E-state index in [1.807, 2.05) is 13.8 Å². The monoisotopic (exact) mass is 262 g/mol. The van der Waals surface area contributed by atoms with Gasteiger partial charge in [0.1, 0.15) is 0 Å². The molecule has 1 aliphatic rings. The molecule has 1 saturated carbocycles. The first kappa shape index (κ1) is 14.3. The molecule has 3 nitrogen and oxygen atoms in total. The SMILES string of the molecule is CCC(=O)c1c(C)nn(C2CCC(CC)CC2)c1C. The van der Waals surface area contributed by atoms with E-state index >= 15 is 0 Å². The van der Waals surface area contributed by atoms with Gasteiger partial charge in [0.05, 0.1) is 17.3 Å². The number of rotatable bonds is 4. The van der Waals surface area contributed by atoms with Gasteiger partial charge in [0.2, 0.25) is 0 Å². The van der Waals surface area contributed by atoms with E-state index in [0.717, 1.165) is 22.9 Å². The van der Waals surface area contributed by atoms with Crippen LogP contribution in [0.3, 0.4) is 0 Å². The minimum atomic E-state index is 0.225. The fourth-order valence-electron chi connectivity index (χ4n) is 3.40. The van der Waals surface area contributed by atoms with Crippen molar-refractivity contribution < 1.29 is 4.79 Å². The summed E-state index contributed by atoms with van der Waals surface area (Å²) in [6.07, 6.45) is 6.88. The van der Waals surface area contributed by atoms with Gasteiger partial charge in [0, 0.05) is 12.1 Å². The lowest BCUT2D eigenvalue weighted by molar-refractivity contribution is 0.0986. The van der Waals surface area contributed by atoms with Crippen LogP contribution >= 0.6 is 0 Å². The Kier molecular flexibility index (Phi) is 4.43. The number of carbonyl (C=O) groups excluding carboxylic acids is 1. The summed E-state index contributed by atoms with van der Waals surface area (Å²) in [5, 5.41) is 4.65. The molecular weight excluding hydrogens is 236 g/mol. The summed E-state index contributed by atoms with van der Waals surface area (Å²) in [4.78, 5) is 12.0. The molecule has 1 aromatic rings. The quantitative estimate of drug-likeness (QED) is 0.761. The number of hydrogen-bond donors (Lipinski definition) is 0. The Hall–Kier alpha value is -1.12. The zero-order chi connectivity index (χ0) is 14.0. The lowest BCUT2D eigenvalue weighted by Gasteiger charge is -2.28. The van der Waals surface area contributed by atoms with Gasteiger partial charge in [-0.3, -0.25) is 9.48 Å². The summed E-state index contributed by atoms with van der Waals surface area (Å²) in [6, 6.07) is 0.500. The second-order valence-corrected chi connectivity index (χ2v) is 5.85. The highest BCUT2D eigenvalue weighted by molar-refractivity contribution is 5.97. The summed E-state index contributed by atoms with van der Waals surface area (Å²) < 4.78 is 2.13. The molecular formula is C16H26N2O. The Morgan fingerprint density at radius 2 is 1.84 bits per heavy atom. The Bertz CT molecular complexity index is 454. The third-order valence-electron chi connectivity index (χ3n) is 4.66. The average molecular weight is 262 g/mol. The Balaban J connectivity index is 2.20. The van der Waals surface area contributed by atoms with Gasteiger partial charge in [-0.2, -0.15) is 5.10 Å². The van der Waals surface area contributed by atoms with Gasteiger partial charge in [0.15, 0.2) is 5.78 Å². The highest BCUT2D eigenvalue weighted by atomic mass is 16.1. The standard InChI is InChI=1S/C16H26N2O/c1-5-13-7-9-14(10-8-13)18-12(4)16(11(3)17-18)15(19)6-2/h13-14H,5-10H2,1-4H3. The van der Waals surface area contributed by atoms with Crippen molar-refractivity contribution >= 4 is 5.78 Å². The molecule has 0 N–H and O–H groups in total. The zero-order valence-corrected chi connectivity index (χ0v) is 12.7. The van der Waals surface area contributed by atoms with Crippen LogP contribution < -0.4 is 0 Å². The lowest BCUT2D eigenvalue weighted by atomic mass is 9.84. The van der Waals surface area contributed by atoms with Gasteiger partial charge >= 0.3 is 0 Å². The summed E-state index contributed by atoms with van der Waals surface area (Å²) in [7, 11) is 0. The van der Waals surface area contributed by atoms with Crippen molar-refractivity contribution in [1.29, 1.82) is 0 Å². The Morgan fingerprint density at radius 1 is 1.21 bits per heavy atom. The number of aromatic nitrogens is 2. The molecule has 106 valence electrons. The first-order chi connectivity index (χ1) is 9.08. The third kappa shape index (κ3) is 2.75. The molecule has 0 atom stereocenters. The van der Waals surface area contributed by atoms with Crippen molar-refractivity contribution in [3.05, 3.63) is 17.0 Å². The minimum Gasteiger partial charge on any atom is -0.294 e. The Morgan fingerprint density at radius 3 is 2.37 bits per heavy atom. The van der Waals surface area contributed by atoms with Crippen LogP contribution in [0.5, 0.6) is 0 Å². The second kappa shape index (κ2) is 5.89. The topological polar surface area (TPSA) is 34.9 Å². The predicted octanol–water partition coefficient (Wildman–Crippen LogP) is 4.23. The maximum atomic E-state index is 12.0. The maximum absolute atomic E-state index is 12.0. The molecule has 1 aromatic heterocycles. The number of nitrogens with zero attached hydrogens (tertiary/aromatic N) is 2. The van der Waals surface area contributed by atoms with E-state index in [0.29, 0.717) is 12.5 Å².